The third kappa shape index (κ3) is 6.52. The smallest absolute Gasteiger partial charge is 0.257 e. The highest BCUT2D eigenvalue weighted by Gasteiger charge is 2.24. The van der Waals surface area contributed by atoms with E-state index in [2.05, 4.69) is 32.8 Å². The fraction of sp³-hybridized carbons (Fsp3) is 0.483. The van der Waals surface area contributed by atoms with Crippen molar-refractivity contribution in [1.29, 1.82) is 0 Å². The average molecular weight is 491 g/mol. The van der Waals surface area contributed by atoms with Crippen molar-refractivity contribution < 1.29 is 14.1 Å². The van der Waals surface area contributed by atoms with Gasteiger partial charge in [0.2, 0.25) is 5.91 Å². The third-order valence-corrected chi connectivity index (χ3v) is 7.12. The predicted molar refractivity (Wildman–Crippen MR) is 141 cm³/mol. The van der Waals surface area contributed by atoms with Crippen molar-refractivity contribution in [2.75, 3.05) is 26.2 Å². The molecular weight excluding hydrogens is 452 g/mol. The summed E-state index contributed by atoms with van der Waals surface area (Å²) in [6.45, 7) is 9.33. The minimum absolute atomic E-state index is 0.0102. The fourth-order valence-corrected chi connectivity index (χ4v) is 4.97. The molecule has 0 spiro atoms. The number of aromatic nitrogens is 1. The number of piperidine rings is 1. The molecule has 1 aliphatic heterocycles. The SMILES string of the molecule is Cc1onc(-c2ccccc2)c1C(=O)NCCCN1CCC(C2=CC(NC(=O)C(C)C)=CCC2)CC1. The maximum absolute atomic E-state index is 12.9. The van der Waals surface area contributed by atoms with Crippen molar-refractivity contribution in [2.45, 2.75) is 52.9 Å². The van der Waals surface area contributed by atoms with Gasteiger partial charge in [0.15, 0.2) is 0 Å². The van der Waals surface area contributed by atoms with Gasteiger partial charge in [-0.3, -0.25) is 9.59 Å². The quantitative estimate of drug-likeness (QED) is 0.490. The van der Waals surface area contributed by atoms with Crippen LogP contribution >= 0.6 is 0 Å². The normalized spacial score (nSPS) is 17.0. The average Bonchev–Trinajstić information content (AvgIpc) is 3.29. The van der Waals surface area contributed by atoms with E-state index >= 15 is 0 Å². The van der Waals surface area contributed by atoms with E-state index in [1.54, 1.807) is 6.92 Å². The standard InChI is InChI=1S/C29H38N4O3/c1-20(2)28(34)31-25-12-7-11-24(19-25)22-13-17-33(18-14-22)16-8-15-30-29(35)26-21(3)36-32-27(26)23-9-5-4-6-10-23/h4-6,9-10,12,19-20,22H,7-8,11,13-18H2,1-3H3,(H,30,35)(H,31,34). The van der Waals surface area contributed by atoms with E-state index in [-0.39, 0.29) is 17.7 Å². The first-order valence-corrected chi connectivity index (χ1v) is 13.2. The first-order chi connectivity index (χ1) is 17.4. The number of benzene rings is 1. The molecule has 36 heavy (non-hydrogen) atoms. The van der Waals surface area contributed by atoms with Crippen molar-refractivity contribution in [3.63, 3.8) is 0 Å². The Hall–Kier alpha value is -3.19. The van der Waals surface area contributed by atoms with Gasteiger partial charge in [-0.1, -0.05) is 61.0 Å². The van der Waals surface area contributed by atoms with Crippen LogP contribution in [0.3, 0.4) is 0 Å². The minimum atomic E-state index is -0.135. The van der Waals surface area contributed by atoms with Gasteiger partial charge in [-0.15, -0.1) is 0 Å². The molecule has 1 aromatic carbocycles. The van der Waals surface area contributed by atoms with Gasteiger partial charge in [-0.05, 0) is 70.7 Å². The predicted octanol–water partition coefficient (Wildman–Crippen LogP) is 4.86. The number of hydrogen-bond donors (Lipinski definition) is 2. The largest absolute Gasteiger partial charge is 0.360 e. The molecule has 0 radical (unpaired) electrons. The number of carbonyl (C=O) groups excluding carboxylic acids is 2. The summed E-state index contributed by atoms with van der Waals surface area (Å²) >= 11 is 0. The van der Waals surface area contributed by atoms with Crippen LogP contribution in [0.1, 0.15) is 62.1 Å². The maximum atomic E-state index is 12.9. The Labute approximate surface area is 214 Å². The summed E-state index contributed by atoms with van der Waals surface area (Å²) in [6.07, 6.45) is 9.61. The van der Waals surface area contributed by atoms with Crippen LogP contribution in [0.4, 0.5) is 0 Å². The number of aryl methyl sites for hydroxylation is 1. The van der Waals surface area contributed by atoms with Gasteiger partial charge in [0.25, 0.3) is 5.91 Å². The second-order valence-corrected chi connectivity index (χ2v) is 10.1. The Bertz CT molecular complexity index is 1110. The summed E-state index contributed by atoms with van der Waals surface area (Å²) in [5.41, 5.74) is 4.42. The van der Waals surface area contributed by atoms with E-state index in [1.807, 2.05) is 44.2 Å². The molecule has 2 heterocycles. The highest BCUT2D eigenvalue weighted by molar-refractivity contribution is 6.00. The second-order valence-electron chi connectivity index (χ2n) is 10.1. The second kappa shape index (κ2) is 12.2. The molecule has 7 nitrogen and oxygen atoms in total. The molecular formula is C29H38N4O3. The van der Waals surface area contributed by atoms with Crippen LogP contribution < -0.4 is 10.6 Å². The number of amides is 2. The van der Waals surface area contributed by atoms with E-state index in [4.69, 9.17) is 4.52 Å². The van der Waals surface area contributed by atoms with Crippen molar-refractivity contribution in [1.82, 2.24) is 20.7 Å². The summed E-state index contributed by atoms with van der Waals surface area (Å²) in [5, 5.41) is 10.2. The molecule has 2 N–H and O–H groups in total. The highest BCUT2D eigenvalue weighted by atomic mass is 16.5. The van der Waals surface area contributed by atoms with Crippen molar-refractivity contribution in [3.8, 4) is 11.3 Å². The molecule has 1 aromatic heterocycles. The molecule has 4 rings (SSSR count). The monoisotopic (exact) mass is 490 g/mol. The van der Waals surface area contributed by atoms with Gasteiger partial charge in [0.05, 0.1) is 0 Å². The Morgan fingerprint density at radius 1 is 1.17 bits per heavy atom. The number of likely N-dealkylation sites (tertiary alicyclic amines) is 1. The molecule has 0 unspecified atom stereocenters. The number of hydrogen-bond acceptors (Lipinski definition) is 5. The van der Waals surface area contributed by atoms with Gasteiger partial charge in [-0.25, -0.2) is 0 Å². The lowest BCUT2D eigenvalue weighted by atomic mass is 9.84. The lowest BCUT2D eigenvalue weighted by Crippen LogP contribution is -2.37. The highest BCUT2D eigenvalue weighted by Crippen LogP contribution is 2.31. The third-order valence-electron chi connectivity index (χ3n) is 7.12. The molecule has 0 bridgehead atoms. The van der Waals surface area contributed by atoms with Crippen LogP contribution in [-0.2, 0) is 4.79 Å². The number of nitrogens with one attached hydrogen (secondary N) is 2. The number of carbonyl (C=O) groups is 2. The maximum Gasteiger partial charge on any atom is 0.257 e. The molecule has 192 valence electrons. The number of nitrogens with zero attached hydrogens (tertiary/aromatic N) is 2. The van der Waals surface area contributed by atoms with Crippen LogP contribution in [0.25, 0.3) is 11.3 Å². The minimum Gasteiger partial charge on any atom is -0.360 e. The van der Waals surface area contributed by atoms with Crippen molar-refractivity contribution >= 4 is 11.8 Å². The van der Waals surface area contributed by atoms with E-state index in [0.717, 1.165) is 63.0 Å². The molecule has 2 amide bonds. The van der Waals surface area contributed by atoms with Crippen LogP contribution in [-0.4, -0.2) is 48.0 Å². The molecule has 1 saturated heterocycles. The zero-order valence-corrected chi connectivity index (χ0v) is 21.7. The van der Waals surface area contributed by atoms with Gasteiger partial charge >= 0.3 is 0 Å². The van der Waals surface area contributed by atoms with E-state index in [0.29, 0.717) is 29.5 Å². The molecule has 2 aliphatic rings. The lowest BCUT2D eigenvalue weighted by Gasteiger charge is -2.34. The molecule has 2 aromatic rings. The van der Waals surface area contributed by atoms with E-state index < -0.39 is 0 Å². The first kappa shape index (κ1) is 25.9. The molecule has 0 atom stereocenters. The summed E-state index contributed by atoms with van der Waals surface area (Å²) in [4.78, 5) is 27.4. The van der Waals surface area contributed by atoms with Crippen LogP contribution in [0.15, 0.2) is 58.3 Å². The Kier molecular flexibility index (Phi) is 8.75. The Balaban J connectivity index is 1.20. The molecule has 1 aliphatic carbocycles. The van der Waals surface area contributed by atoms with Crippen molar-refractivity contribution in [3.05, 3.63) is 65.1 Å². The topological polar surface area (TPSA) is 87.5 Å². The van der Waals surface area contributed by atoms with Crippen molar-refractivity contribution in [2.24, 2.45) is 11.8 Å². The Morgan fingerprint density at radius 3 is 2.64 bits per heavy atom. The lowest BCUT2D eigenvalue weighted by molar-refractivity contribution is -0.123. The van der Waals surface area contributed by atoms with Gasteiger partial charge < -0.3 is 20.1 Å². The van der Waals surface area contributed by atoms with Gasteiger partial charge in [0, 0.05) is 23.7 Å². The zero-order valence-electron chi connectivity index (χ0n) is 21.7. The van der Waals surface area contributed by atoms with Crippen LogP contribution in [0.5, 0.6) is 0 Å². The molecule has 1 fully saturated rings. The summed E-state index contributed by atoms with van der Waals surface area (Å²) in [6, 6.07) is 9.65. The summed E-state index contributed by atoms with van der Waals surface area (Å²) in [7, 11) is 0. The van der Waals surface area contributed by atoms with Gasteiger partial charge in [0.1, 0.15) is 17.0 Å². The number of rotatable bonds is 9. The Morgan fingerprint density at radius 2 is 1.92 bits per heavy atom. The zero-order chi connectivity index (χ0) is 25.5. The molecule has 7 heteroatoms. The van der Waals surface area contributed by atoms with Gasteiger partial charge in [-0.2, -0.15) is 0 Å². The number of allylic oxidation sites excluding steroid dienone is 3. The van der Waals surface area contributed by atoms with Crippen LogP contribution in [0, 0.1) is 18.8 Å². The van der Waals surface area contributed by atoms with E-state index in [9.17, 15) is 9.59 Å². The fourth-order valence-electron chi connectivity index (χ4n) is 4.97. The molecule has 0 saturated carbocycles. The van der Waals surface area contributed by atoms with E-state index in [1.165, 1.54) is 5.57 Å². The summed E-state index contributed by atoms with van der Waals surface area (Å²) < 4.78 is 5.32. The first-order valence-electron chi connectivity index (χ1n) is 13.2. The van der Waals surface area contributed by atoms with Crippen LogP contribution in [0.2, 0.25) is 0 Å². The summed E-state index contributed by atoms with van der Waals surface area (Å²) in [5.74, 6) is 1.06.